The van der Waals surface area contributed by atoms with Gasteiger partial charge in [-0.1, -0.05) is 32.4 Å². The van der Waals surface area contributed by atoms with Gasteiger partial charge < -0.3 is 10.2 Å². The van der Waals surface area contributed by atoms with E-state index in [0.717, 1.165) is 17.1 Å². The lowest BCUT2D eigenvalue weighted by atomic mass is 10.0. The van der Waals surface area contributed by atoms with Gasteiger partial charge in [-0.05, 0) is 30.5 Å². The fourth-order valence-corrected chi connectivity index (χ4v) is 2.13. The Morgan fingerprint density at radius 1 is 1.29 bits per heavy atom. The maximum atomic E-state index is 6.07. The summed E-state index contributed by atoms with van der Waals surface area (Å²) in [6.45, 7) is 6.68. The molecule has 1 unspecified atom stereocenters. The quantitative estimate of drug-likeness (QED) is 0.845. The Morgan fingerprint density at radius 2 is 1.94 bits per heavy atom. The summed E-state index contributed by atoms with van der Waals surface area (Å²) < 4.78 is 0. The van der Waals surface area contributed by atoms with E-state index < -0.39 is 0 Å². The van der Waals surface area contributed by atoms with Crippen molar-refractivity contribution in [2.75, 3.05) is 24.3 Å². The molecule has 1 aromatic rings. The average Bonchev–Trinajstić information content (AvgIpc) is 2.25. The number of hydrogen-bond acceptors (Lipinski definition) is 2. The van der Waals surface area contributed by atoms with Crippen molar-refractivity contribution in [2.45, 2.75) is 33.2 Å². The highest BCUT2D eigenvalue weighted by Crippen LogP contribution is 2.29. The molecule has 17 heavy (non-hydrogen) atoms. The molecule has 1 aromatic carbocycles. The molecule has 0 aliphatic carbocycles. The van der Waals surface area contributed by atoms with Crippen LogP contribution in [0.4, 0.5) is 11.4 Å². The molecule has 1 rings (SSSR count). The molecule has 1 N–H and O–H groups in total. The van der Waals surface area contributed by atoms with Gasteiger partial charge in [0.2, 0.25) is 0 Å². The predicted octanol–water partition coefficient (Wildman–Crippen LogP) is 4.25. The molecule has 0 aromatic heterocycles. The highest BCUT2D eigenvalue weighted by molar-refractivity contribution is 6.31. The van der Waals surface area contributed by atoms with Crippen LogP contribution in [-0.4, -0.2) is 20.1 Å². The van der Waals surface area contributed by atoms with Gasteiger partial charge >= 0.3 is 0 Å². The van der Waals surface area contributed by atoms with Crippen LogP contribution in [0.1, 0.15) is 27.2 Å². The number of rotatable bonds is 5. The molecule has 0 fully saturated rings. The lowest BCUT2D eigenvalue weighted by Gasteiger charge is -2.26. The molecule has 2 nitrogen and oxygen atoms in total. The number of nitrogens with one attached hydrogen (secondary N) is 1. The van der Waals surface area contributed by atoms with Crippen LogP contribution in [-0.2, 0) is 0 Å². The number of halogens is 1. The van der Waals surface area contributed by atoms with Gasteiger partial charge in [-0.2, -0.15) is 0 Å². The van der Waals surface area contributed by atoms with Crippen molar-refractivity contribution in [3.8, 4) is 0 Å². The minimum atomic E-state index is 0.479. The third-order valence-electron chi connectivity index (χ3n) is 3.03. The first-order valence-corrected chi connectivity index (χ1v) is 6.57. The standard InChI is InChI=1S/C14H23ClN2/c1-6-12(10(2)3)16-13-9-11(15)7-8-14(13)17(4)5/h7-10,12,16H,6H2,1-5H3. The van der Waals surface area contributed by atoms with Crippen molar-refractivity contribution < 1.29 is 0 Å². The van der Waals surface area contributed by atoms with Crippen molar-refractivity contribution >= 4 is 23.0 Å². The zero-order valence-electron chi connectivity index (χ0n) is 11.4. The van der Waals surface area contributed by atoms with Crippen LogP contribution in [0.3, 0.4) is 0 Å². The van der Waals surface area contributed by atoms with Crippen molar-refractivity contribution in [1.29, 1.82) is 0 Å². The van der Waals surface area contributed by atoms with Gasteiger partial charge in [0.1, 0.15) is 0 Å². The molecule has 0 saturated carbocycles. The normalized spacial score (nSPS) is 12.6. The Kier molecular flexibility index (Phi) is 5.13. The first-order valence-electron chi connectivity index (χ1n) is 6.19. The van der Waals surface area contributed by atoms with Gasteiger partial charge in [-0.25, -0.2) is 0 Å². The van der Waals surface area contributed by atoms with E-state index in [1.54, 1.807) is 0 Å². The summed E-state index contributed by atoms with van der Waals surface area (Å²) in [6.07, 6.45) is 1.11. The summed E-state index contributed by atoms with van der Waals surface area (Å²) in [6, 6.07) is 6.46. The molecule has 1 atom stereocenters. The van der Waals surface area contributed by atoms with Crippen LogP contribution in [0.25, 0.3) is 0 Å². The van der Waals surface area contributed by atoms with Crippen LogP contribution in [0, 0.1) is 5.92 Å². The molecule has 0 bridgehead atoms. The Hall–Kier alpha value is -0.890. The van der Waals surface area contributed by atoms with Gasteiger partial charge in [0.05, 0.1) is 11.4 Å². The number of benzene rings is 1. The van der Waals surface area contributed by atoms with E-state index in [0.29, 0.717) is 12.0 Å². The molecule has 0 aliphatic rings. The second kappa shape index (κ2) is 6.15. The Labute approximate surface area is 110 Å². The van der Waals surface area contributed by atoms with Gasteiger partial charge in [-0.3, -0.25) is 0 Å². The van der Waals surface area contributed by atoms with E-state index in [2.05, 4.69) is 37.1 Å². The minimum Gasteiger partial charge on any atom is -0.380 e. The van der Waals surface area contributed by atoms with Gasteiger partial charge in [0.15, 0.2) is 0 Å². The molecule has 0 saturated heterocycles. The van der Waals surface area contributed by atoms with Crippen LogP contribution in [0.5, 0.6) is 0 Å². The molecule has 0 radical (unpaired) electrons. The summed E-state index contributed by atoms with van der Waals surface area (Å²) in [4.78, 5) is 2.10. The minimum absolute atomic E-state index is 0.479. The summed E-state index contributed by atoms with van der Waals surface area (Å²) in [5.74, 6) is 0.606. The zero-order chi connectivity index (χ0) is 13.0. The highest BCUT2D eigenvalue weighted by atomic mass is 35.5. The fraction of sp³-hybridized carbons (Fsp3) is 0.571. The monoisotopic (exact) mass is 254 g/mol. The summed E-state index contributed by atoms with van der Waals surface area (Å²) >= 11 is 6.07. The van der Waals surface area contributed by atoms with E-state index in [9.17, 15) is 0 Å². The van der Waals surface area contributed by atoms with E-state index in [4.69, 9.17) is 11.6 Å². The summed E-state index contributed by atoms with van der Waals surface area (Å²) in [5.41, 5.74) is 2.29. The molecule has 0 heterocycles. The first kappa shape index (κ1) is 14.2. The predicted molar refractivity (Wildman–Crippen MR) is 78.3 cm³/mol. The molecule has 0 aliphatic heterocycles. The highest BCUT2D eigenvalue weighted by Gasteiger charge is 2.13. The van der Waals surface area contributed by atoms with E-state index in [1.807, 2.05) is 26.2 Å². The maximum absolute atomic E-state index is 6.07. The van der Waals surface area contributed by atoms with Crippen LogP contribution in [0.2, 0.25) is 5.02 Å². The van der Waals surface area contributed by atoms with Gasteiger partial charge in [0.25, 0.3) is 0 Å². The molecular formula is C14H23ClN2. The van der Waals surface area contributed by atoms with E-state index in [1.165, 1.54) is 5.69 Å². The third kappa shape index (κ3) is 3.81. The topological polar surface area (TPSA) is 15.3 Å². The Bertz CT molecular complexity index is 361. The molecule has 0 spiro atoms. The SMILES string of the molecule is CCC(Nc1cc(Cl)ccc1N(C)C)C(C)C. The number of nitrogens with zero attached hydrogens (tertiary/aromatic N) is 1. The molecule has 0 amide bonds. The Balaban J connectivity index is 2.98. The van der Waals surface area contributed by atoms with Crippen LogP contribution >= 0.6 is 11.6 Å². The summed E-state index contributed by atoms with van der Waals surface area (Å²) in [5, 5.41) is 4.37. The van der Waals surface area contributed by atoms with Crippen LogP contribution in [0.15, 0.2) is 18.2 Å². The lowest BCUT2D eigenvalue weighted by Crippen LogP contribution is -2.25. The van der Waals surface area contributed by atoms with Gasteiger partial charge in [-0.15, -0.1) is 0 Å². The first-order chi connectivity index (χ1) is 7.95. The molecular weight excluding hydrogens is 232 g/mol. The summed E-state index contributed by atoms with van der Waals surface area (Å²) in [7, 11) is 4.09. The van der Waals surface area contributed by atoms with Gasteiger partial charge in [0, 0.05) is 25.2 Å². The maximum Gasteiger partial charge on any atom is 0.0597 e. The smallest absolute Gasteiger partial charge is 0.0597 e. The largest absolute Gasteiger partial charge is 0.380 e. The van der Waals surface area contributed by atoms with Crippen molar-refractivity contribution in [3.63, 3.8) is 0 Å². The van der Waals surface area contributed by atoms with Crippen molar-refractivity contribution in [2.24, 2.45) is 5.92 Å². The second-order valence-electron chi connectivity index (χ2n) is 4.96. The van der Waals surface area contributed by atoms with Crippen molar-refractivity contribution in [1.82, 2.24) is 0 Å². The van der Waals surface area contributed by atoms with E-state index >= 15 is 0 Å². The van der Waals surface area contributed by atoms with E-state index in [-0.39, 0.29) is 0 Å². The number of hydrogen-bond donors (Lipinski definition) is 1. The Morgan fingerprint density at radius 3 is 2.41 bits per heavy atom. The third-order valence-corrected chi connectivity index (χ3v) is 3.26. The molecule has 3 heteroatoms. The lowest BCUT2D eigenvalue weighted by molar-refractivity contribution is 0.511. The second-order valence-corrected chi connectivity index (χ2v) is 5.40. The zero-order valence-corrected chi connectivity index (χ0v) is 12.2. The fourth-order valence-electron chi connectivity index (χ4n) is 1.95. The van der Waals surface area contributed by atoms with Crippen molar-refractivity contribution in [3.05, 3.63) is 23.2 Å². The average molecular weight is 255 g/mol. The van der Waals surface area contributed by atoms with Crippen LogP contribution < -0.4 is 10.2 Å². The molecule has 96 valence electrons. The number of anilines is 2.